The van der Waals surface area contributed by atoms with Crippen molar-refractivity contribution < 1.29 is 35.9 Å². The van der Waals surface area contributed by atoms with Crippen molar-refractivity contribution in [3.8, 4) is 0 Å². The average Bonchev–Trinajstić information content (AvgIpc) is 2.68. The molecule has 2 unspecified atom stereocenters. The fourth-order valence-corrected chi connectivity index (χ4v) is 4.47. The number of halogens is 6. The van der Waals surface area contributed by atoms with E-state index in [1.807, 2.05) is 27.7 Å². The van der Waals surface area contributed by atoms with E-state index in [9.17, 15) is 31.1 Å². The normalized spacial score (nSPS) is 22.1. The van der Waals surface area contributed by atoms with Gasteiger partial charge in [0.05, 0.1) is 11.1 Å². The Labute approximate surface area is 203 Å². The van der Waals surface area contributed by atoms with E-state index < -0.39 is 35.2 Å². The summed E-state index contributed by atoms with van der Waals surface area (Å²) < 4.78 is 84.9. The topological polar surface area (TPSA) is 41.6 Å². The lowest BCUT2D eigenvalue weighted by Crippen LogP contribution is -2.60. The van der Waals surface area contributed by atoms with Gasteiger partial charge >= 0.3 is 18.4 Å². The summed E-state index contributed by atoms with van der Waals surface area (Å²) in [5, 5.41) is 3.16. The molecule has 1 fully saturated rings. The molecule has 1 aromatic rings. The maximum Gasteiger partial charge on any atom is 0.416 e. The van der Waals surface area contributed by atoms with Gasteiger partial charge in [-0.25, -0.2) is 4.79 Å². The number of benzene rings is 1. The van der Waals surface area contributed by atoms with Gasteiger partial charge in [-0.05, 0) is 69.2 Å². The summed E-state index contributed by atoms with van der Waals surface area (Å²) >= 11 is 0. The molecule has 1 saturated heterocycles. The Morgan fingerprint density at radius 2 is 1.34 bits per heavy atom. The molecule has 0 aliphatic carbocycles. The first-order chi connectivity index (χ1) is 15.8. The van der Waals surface area contributed by atoms with Crippen LogP contribution in [0.5, 0.6) is 0 Å². The number of nitrogens with zero attached hydrogens (tertiary/aromatic N) is 1. The van der Waals surface area contributed by atoms with Gasteiger partial charge in [-0.3, -0.25) is 0 Å². The molecule has 200 valence electrons. The lowest BCUT2D eigenvalue weighted by molar-refractivity contribution is -0.143. The van der Waals surface area contributed by atoms with E-state index in [0.29, 0.717) is 12.8 Å². The number of hydrogen-bond donors (Lipinski definition) is 1. The molecule has 1 amide bonds. The Bertz CT molecular complexity index is 824. The number of likely N-dealkylation sites (tertiary alicyclic amines) is 1. The van der Waals surface area contributed by atoms with Crippen LogP contribution < -0.4 is 5.32 Å². The second-order valence-electron chi connectivity index (χ2n) is 11.0. The first-order valence-corrected chi connectivity index (χ1v) is 11.8. The zero-order valence-electron chi connectivity index (χ0n) is 21.3. The number of piperidine rings is 1. The summed E-state index contributed by atoms with van der Waals surface area (Å²) in [5.41, 5.74) is -3.42. The standard InChI is InChI=1S/C25H36F6N2O2/c1-14(2)20-11-19(12-21(15(3)4)33(20)22(34)35-23(5,6)7)32-13-16-8-17(24(26,27)28)10-18(9-16)25(29,30)31/h8-10,14-15,19-21,32H,11-13H2,1-7H3. The van der Waals surface area contributed by atoms with E-state index in [4.69, 9.17) is 4.74 Å². The van der Waals surface area contributed by atoms with Crippen LogP contribution in [0.2, 0.25) is 0 Å². The van der Waals surface area contributed by atoms with E-state index in [1.54, 1.807) is 25.7 Å². The molecule has 1 aliphatic heterocycles. The van der Waals surface area contributed by atoms with Gasteiger partial charge in [0.2, 0.25) is 0 Å². The number of amides is 1. The van der Waals surface area contributed by atoms with Gasteiger partial charge in [-0.15, -0.1) is 0 Å². The van der Waals surface area contributed by atoms with Gasteiger partial charge in [0.25, 0.3) is 0 Å². The molecule has 10 heteroatoms. The predicted molar refractivity (Wildman–Crippen MR) is 122 cm³/mol. The summed E-state index contributed by atoms with van der Waals surface area (Å²) in [6.45, 7) is 13.1. The lowest BCUT2D eigenvalue weighted by atomic mass is 9.82. The second kappa shape index (κ2) is 10.6. The van der Waals surface area contributed by atoms with Crippen LogP contribution in [-0.2, 0) is 23.6 Å². The molecule has 1 aliphatic rings. The molecule has 1 heterocycles. The zero-order chi connectivity index (χ0) is 26.9. The number of hydrogen-bond acceptors (Lipinski definition) is 3. The van der Waals surface area contributed by atoms with Crippen molar-refractivity contribution in [2.24, 2.45) is 11.8 Å². The molecule has 0 aromatic heterocycles. The predicted octanol–water partition coefficient (Wildman–Crippen LogP) is 7.26. The SMILES string of the molecule is CC(C)C1CC(NCc2cc(C(F)(F)F)cc(C(F)(F)F)c2)CC(C(C)C)N1C(=O)OC(C)(C)C. The van der Waals surface area contributed by atoms with E-state index in [-0.39, 0.29) is 48.1 Å². The summed E-state index contributed by atoms with van der Waals surface area (Å²) in [6.07, 6.45) is -9.18. The van der Waals surface area contributed by atoms with Gasteiger partial charge < -0.3 is 15.0 Å². The van der Waals surface area contributed by atoms with Crippen molar-refractivity contribution in [1.29, 1.82) is 0 Å². The van der Waals surface area contributed by atoms with Crippen molar-refractivity contribution in [2.75, 3.05) is 0 Å². The van der Waals surface area contributed by atoms with Crippen LogP contribution >= 0.6 is 0 Å². The second-order valence-corrected chi connectivity index (χ2v) is 11.0. The number of nitrogens with one attached hydrogen (secondary N) is 1. The Morgan fingerprint density at radius 1 is 0.914 bits per heavy atom. The van der Waals surface area contributed by atoms with E-state index in [0.717, 1.165) is 12.1 Å². The molecule has 2 atom stereocenters. The number of ether oxygens (including phenoxy) is 1. The molecule has 0 saturated carbocycles. The molecule has 2 rings (SSSR count). The molecular weight excluding hydrogens is 474 g/mol. The molecule has 0 bridgehead atoms. The third-order valence-electron chi connectivity index (χ3n) is 6.15. The molecule has 1 N–H and O–H groups in total. The monoisotopic (exact) mass is 510 g/mol. The van der Waals surface area contributed by atoms with Crippen LogP contribution in [0.15, 0.2) is 18.2 Å². The first kappa shape index (κ1) is 29.3. The Morgan fingerprint density at radius 3 is 1.69 bits per heavy atom. The van der Waals surface area contributed by atoms with E-state index >= 15 is 0 Å². The highest BCUT2D eigenvalue weighted by atomic mass is 19.4. The minimum absolute atomic E-state index is 0.0683. The van der Waals surface area contributed by atoms with E-state index in [1.165, 1.54) is 0 Å². The van der Waals surface area contributed by atoms with Crippen LogP contribution in [0.1, 0.15) is 78.0 Å². The van der Waals surface area contributed by atoms with Crippen molar-refractivity contribution in [3.63, 3.8) is 0 Å². The summed E-state index contributed by atoms with van der Waals surface area (Å²) in [5.74, 6) is 0.137. The summed E-state index contributed by atoms with van der Waals surface area (Å²) in [4.78, 5) is 14.8. The van der Waals surface area contributed by atoms with Crippen molar-refractivity contribution in [1.82, 2.24) is 10.2 Å². The maximum absolute atomic E-state index is 13.2. The highest BCUT2D eigenvalue weighted by Crippen LogP contribution is 2.37. The molecule has 35 heavy (non-hydrogen) atoms. The zero-order valence-corrected chi connectivity index (χ0v) is 21.3. The van der Waals surface area contributed by atoms with Crippen LogP contribution in [-0.4, -0.2) is 34.7 Å². The van der Waals surface area contributed by atoms with Gasteiger partial charge in [-0.2, -0.15) is 26.3 Å². The maximum atomic E-state index is 13.2. The molecular formula is C25H36F6N2O2. The fourth-order valence-electron chi connectivity index (χ4n) is 4.47. The summed E-state index contributed by atoms with van der Waals surface area (Å²) in [7, 11) is 0. The number of carbonyl (C=O) groups excluding carboxylic acids is 1. The molecule has 0 radical (unpaired) electrons. The third-order valence-corrected chi connectivity index (χ3v) is 6.15. The molecule has 0 spiro atoms. The minimum Gasteiger partial charge on any atom is -0.444 e. The lowest BCUT2D eigenvalue weighted by Gasteiger charge is -2.48. The van der Waals surface area contributed by atoms with Crippen LogP contribution in [0.3, 0.4) is 0 Å². The number of carbonyl (C=O) groups is 1. The van der Waals surface area contributed by atoms with Crippen molar-refractivity contribution >= 4 is 6.09 Å². The Balaban J connectivity index is 2.28. The summed E-state index contributed by atoms with van der Waals surface area (Å²) in [6, 6.07) is 1.03. The quantitative estimate of drug-likeness (QED) is 0.424. The Kier molecular flexibility index (Phi) is 8.83. The van der Waals surface area contributed by atoms with Gasteiger partial charge in [-0.1, -0.05) is 27.7 Å². The Hall–Kier alpha value is -1.97. The van der Waals surface area contributed by atoms with Gasteiger partial charge in [0.15, 0.2) is 0 Å². The molecule has 1 aromatic carbocycles. The van der Waals surface area contributed by atoms with Crippen molar-refractivity contribution in [2.45, 2.75) is 104 Å². The number of alkyl halides is 6. The average molecular weight is 511 g/mol. The molecule has 4 nitrogen and oxygen atoms in total. The van der Waals surface area contributed by atoms with Crippen LogP contribution in [0.4, 0.5) is 31.1 Å². The largest absolute Gasteiger partial charge is 0.444 e. The third kappa shape index (κ3) is 8.02. The first-order valence-electron chi connectivity index (χ1n) is 11.8. The minimum atomic E-state index is -4.89. The highest BCUT2D eigenvalue weighted by molar-refractivity contribution is 5.69. The smallest absolute Gasteiger partial charge is 0.416 e. The van der Waals surface area contributed by atoms with E-state index in [2.05, 4.69) is 5.32 Å². The van der Waals surface area contributed by atoms with Crippen LogP contribution in [0.25, 0.3) is 0 Å². The number of rotatable bonds is 5. The van der Waals surface area contributed by atoms with Crippen LogP contribution in [0, 0.1) is 11.8 Å². The fraction of sp³-hybridized carbons (Fsp3) is 0.720. The highest BCUT2D eigenvalue weighted by Gasteiger charge is 2.43. The van der Waals surface area contributed by atoms with Crippen molar-refractivity contribution in [3.05, 3.63) is 34.9 Å². The van der Waals surface area contributed by atoms with Gasteiger partial charge in [0, 0.05) is 24.7 Å². The van der Waals surface area contributed by atoms with Gasteiger partial charge in [0.1, 0.15) is 5.60 Å².